The molecule has 1 heterocycles. The van der Waals surface area contributed by atoms with Gasteiger partial charge in [0.25, 0.3) is 0 Å². The molecule has 0 saturated heterocycles. The zero-order valence-electron chi connectivity index (χ0n) is 5.51. The van der Waals surface area contributed by atoms with Crippen molar-refractivity contribution in [1.82, 2.24) is 5.32 Å². The van der Waals surface area contributed by atoms with Crippen LogP contribution in [-0.2, 0) is 32.7 Å². The van der Waals surface area contributed by atoms with Gasteiger partial charge in [0.2, 0.25) is 0 Å². The molecule has 1 atom stereocenters. The van der Waals surface area contributed by atoms with Crippen LogP contribution in [0, 0.1) is 19.4 Å². The molecule has 9 heavy (non-hydrogen) atoms. The first-order chi connectivity index (χ1) is 3.93. The maximum absolute atomic E-state index is 3.77. The van der Waals surface area contributed by atoms with Crippen molar-refractivity contribution in [1.29, 1.82) is 0 Å². The molecule has 1 nitrogen and oxygen atoms in total. The second-order valence-corrected chi connectivity index (χ2v) is 2.00. The first kappa shape index (κ1) is 9.64. The van der Waals surface area contributed by atoms with Crippen molar-refractivity contribution in [3.05, 3.63) is 25.7 Å². The molecular weight excluding hydrogens is 187 g/mol. The summed E-state index contributed by atoms with van der Waals surface area (Å²) in [4.78, 5) is 0. The van der Waals surface area contributed by atoms with E-state index in [-0.39, 0.29) is 32.7 Å². The van der Waals surface area contributed by atoms with Gasteiger partial charge in [-0.15, -0.1) is 12.3 Å². The normalized spacial score (nSPS) is 23.0. The molecule has 0 spiro atoms. The van der Waals surface area contributed by atoms with Crippen molar-refractivity contribution < 1.29 is 32.7 Å². The van der Waals surface area contributed by atoms with Gasteiger partial charge in [-0.2, -0.15) is 6.42 Å². The van der Waals surface area contributed by atoms with Crippen LogP contribution in [0.3, 0.4) is 0 Å². The molecule has 0 fully saturated rings. The number of nitrogens with one attached hydrogen (secondary N) is 1. The summed E-state index contributed by atoms with van der Waals surface area (Å²) in [6.45, 7) is 5.86. The topological polar surface area (TPSA) is 12.0 Å². The van der Waals surface area contributed by atoms with Crippen LogP contribution in [0.1, 0.15) is 12.8 Å². The van der Waals surface area contributed by atoms with Gasteiger partial charge in [-0.05, 0) is 6.20 Å². The molecule has 0 aromatic carbocycles. The minimum atomic E-state index is 0. The summed E-state index contributed by atoms with van der Waals surface area (Å²) in [5.74, 6) is 0.632. The van der Waals surface area contributed by atoms with Crippen molar-refractivity contribution in [3.8, 4) is 0 Å². The van der Waals surface area contributed by atoms with E-state index in [1.165, 1.54) is 6.42 Å². The first-order valence-corrected chi connectivity index (χ1v) is 2.99. The molecule has 1 radical (unpaired) electrons. The van der Waals surface area contributed by atoms with Gasteiger partial charge < -0.3 is 12.2 Å². The van der Waals surface area contributed by atoms with E-state index in [0.29, 0.717) is 5.92 Å². The molecule has 1 rings (SSSR count). The van der Waals surface area contributed by atoms with Crippen LogP contribution in [-0.4, -0.2) is 0 Å². The Bertz CT molecular complexity index is 90.9. The van der Waals surface area contributed by atoms with E-state index in [4.69, 9.17) is 0 Å². The van der Waals surface area contributed by atoms with E-state index in [9.17, 15) is 0 Å². The zero-order valence-corrected chi connectivity index (χ0v) is 8.35. The van der Waals surface area contributed by atoms with E-state index in [0.717, 1.165) is 6.42 Å². The minimum absolute atomic E-state index is 0. The molecule has 49 valence electrons. The molecule has 0 aromatic rings. The van der Waals surface area contributed by atoms with E-state index < -0.39 is 0 Å². The van der Waals surface area contributed by atoms with Gasteiger partial charge in [0, 0.05) is 32.7 Å². The Kier molecular flexibility index (Phi) is 5.82. The van der Waals surface area contributed by atoms with Gasteiger partial charge in [0.05, 0.1) is 0 Å². The summed E-state index contributed by atoms with van der Waals surface area (Å²) in [6.07, 6.45) is 6.32. The summed E-state index contributed by atoms with van der Waals surface area (Å²) in [7, 11) is 0. The molecule has 0 saturated carbocycles. The SMILES string of the molecule is [CH2-]CCC1C=CN[CH-]1.[Y]. The standard InChI is InChI=1S/C7H11N.Y/c1-2-3-7-4-5-8-6-7;/h4-8H,1-3H2;/q-2;. The summed E-state index contributed by atoms with van der Waals surface area (Å²) in [5, 5.41) is 3.02. The monoisotopic (exact) mass is 198 g/mol. The van der Waals surface area contributed by atoms with E-state index in [2.05, 4.69) is 24.9 Å². The Morgan fingerprint density at radius 2 is 2.44 bits per heavy atom. The summed E-state index contributed by atoms with van der Waals surface area (Å²) in [5.41, 5.74) is 0. The Labute approximate surface area is 82.2 Å². The van der Waals surface area contributed by atoms with E-state index >= 15 is 0 Å². The molecule has 0 aromatic heterocycles. The van der Waals surface area contributed by atoms with Gasteiger partial charge in [-0.1, -0.05) is 6.08 Å². The molecule has 1 aliphatic rings. The van der Waals surface area contributed by atoms with Gasteiger partial charge in [0.15, 0.2) is 0 Å². The molecule has 1 N–H and O–H groups in total. The van der Waals surface area contributed by atoms with Gasteiger partial charge in [-0.25, -0.2) is 6.54 Å². The fourth-order valence-corrected chi connectivity index (χ4v) is 0.829. The molecule has 1 unspecified atom stereocenters. The Balaban J connectivity index is 0.000000640. The quantitative estimate of drug-likeness (QED) is 0.663. The third kappa shape index (κ3) is 3.37. The van der Waals surface area contributed by atoms with Crippen LogP contribution in [0.4, 0.5) is 0 Å². The van der Waals surface area contributed by atoms with E-state index in [1.54, 1.807) is 0 Å². The predicted octanol–water partition coefficient (Wildman–Crippen LogP) is 1.49. The third-order valence-corrected chi connectivity index (χ3v) is 1.29. The Hall–Kier alpha value is 0.644. The second kappa shape index (κ2) is 5.43. The number of hydrogen-bond acceptors (Lipinski definition) is 1. The van der Waals surface area contributed by atoms with Crippen molar-refractivity contribution in [2.24, 2.45) is 5.92 Å². The van der Waals surface area contributed by atoms with Crippen LogP contribution in [0.25, 0.3) is 0 Å². The second-order valence-electron chi connectivity index (χ2n) is 2.00. The first-order valence-electron chi connectivity index (χ1n) is 2.99. The maximum Gasteiger partial charge on any atom is 0 e. The van der Waals surface area contributed by atoms with Crippen LogP contribution < -0.4 is 5.32 Å². The third-order valence-electron chi connectivity index (χ3n) is 1.29. The molecule has 2 heteroatoms. The zero-order chi connectivity index (χ0) is 5.82. The van der Waals surface area contributed by atoms with Crippen molar-refractivity contribution in [2.75, 3.05) is 0 Å². The summed E-state index contributed by atoms with van der Waals surface area (Å²) < 4.78 is 0. The van der Waals surface area contributed by atoms with E-state index in [1.807, 2.05) is 6.20 Å². The van der Waals surface area contributed by atoms with Crippen molar-refractivity contribution in [2.45, 2.75) is 12.8 Å². The minimum Gasteiger partial charge on any atom is -0.541 e. The molecule has 1 aliphatic heterocycles. The molecule has 0 aliphatic carbocycles. The largest absolute Gasteiger partial charge is 0.541 e. The Morgan fingerprint density at radius 1 is 1.67 bits per heavy atom. The van der Waals surface area contributed by atoms with Crippen molar-refractivity contribution in [3.63, 3.8) is 0 Å². The van der Waals surface area contributed by atoms with Gasteiger partial charge in [-0.3, -0.25) is 0 Å². The van der Waals surface area contributed by atoms with Crippen molar-refractivity contribution >= 4 is 0 Å². The predicted molar refractivity (Wildman–Crippen MR) is 34.7 cm³/mol. The molecular formula is C7H11NY-2. The average Bonchev–Trinajstić information content (AvgIpc) is 2.19. The summed E-state index contributed by atoms with van der Waals surface area (Å²) in [6, 6.07) is 0. The molecule has 0 amide bonds. The number of hydrogen-bond donors (Lipinski definition) is 1. The van der Waals surface area contributed by atoms with Gasteiger partial charge in [0.1, 0.15) is 0 Å². The van der Waals surface area contributed by atoms with Gasteiger partial charge >= 0.3 is 0 Å². The fraction of sp³-hybridized carbons (Fsp3) is 0.429. The Morgan fingerprint density at radius 3 is 2.89 bits per heavy atom. The van der Waals surface area contributed by atoms with Crippen LogP contribution in [0.2, 0.25) is 0 Å². The summed E-state index contributed by atoms with van der Waals surface area (Å²) >= 11 is 0. The average molecular weight is 198 g/mol. The van der Waals surface area contributed by atoms with Crippen LogP contribution in [0.15, 0.2) is 12.3 Å². The van der Waals surface area contributed by atoms with Crippen LogP contribution in [0.5, 0.6) is 0 Å². The smallest absolute Gasteiger partial charge is 0 e. The molecule has 0 bridgehead atoms. The number of rotatable bonds is 2. The maximum atomic E-state index is 3.77. The van der Waals surface area contributed by atoms with Crippen LogP contribution >= 0.6 is 0 Å². The fourth-order valence-electron chi connectivity index (χ4n) is 0.829.